The van der Waals surface area contributed by atoms with Gasteiger partial charge in [0.15, 0.2) is 0 Å². The van der Waals surface area contributed by atoms with E-state index >= 15 is 0 Å². The fourth-order valence-corrected chi connectivity index (χ4v) is 4.34. The summed E-state index contributed by atoms with van der Waals surface area (Å²) >= 11 is 0. The fraction of sp³-hybridized carbons (Fsp3) is 0.615. The second kappa shape index (κ2) is 13.9. The SMILES string of the molecule is CCCCCCCCCCCCNC(=O)[C@H]([C@@H](C)O)n1cc(CC(N)=O)c2ccccc21. The van der Waals surface area contributed by atoms with Crippen LogP contribution < -0.4 is 11.1 Å². The minimum Gasteiger partial charge on any atom is -0.391 e. The van der Waals surface area contributed by atoms with E-state index in [1.165, 1.54) is 51.4 Å². The number of fused-ring (bicyclic) bond motifs is 1. The first-order chi connectivity index (χ1) is 15.5. The zero-order valence-corrected chi connectivity index (χ0v) is 19.8. The lowest BCUT2D eigenvalue weighted by molar-refractivity contribution is -0.127. The van der Waals surface area contributed by atoms with Crippen LogP contribution >= 0.6 is 0 Å². The van der Waals surface area contributed by atoms with Gasteiger partial charge in [-0.15, -0.1) is 0 Å². The molecule has 6 nitrogen and oxygen atoms in total. The number of benzene rings is 1. The first kappa shape index (κ1) is 25.9. The van der Waals surface area contributed by atoms with Gasteiger partial charge in [0.05, 0.1) is 12.5 Å². The number of unbranched alkanes of at least 4 members (excludes halogenated alkanes) is 9. The first-order valence-corrected chi connectivity index (χ1v) is 12.3. The van der Waals surface area contributed by atoms with Crippen LogP contribution in [0.15, 0.2) is 30.5 Å². The highest BCUT2D eigenvalue weighted by molar-refractivity contribution is 5.91. The minimum absolute atomic E-state index is 0.0975. The molecule has 2 amide bonds. The summed E-state index contributed by atoms with van der Waals surface area (Å²) in [6, 6.07) is 6.81. The molecule has 1 heterocycles. The number of nitrogens with two attached hydrogens (primary N) is 1. The van der Waals surface area contributed by atoms with Crippen LogP contribution in [0.5, 0.6) is 0 Å². The van der Waals surface area contributed by atoms with Crippen molar-refractivity contribution in [3.8, 4) is 0 Å². The van der Waals surface area contributed by atoms with E-state index in [2.05, 4.69) is 12.2 Å². The third-order valence-corrected chi connectivity index (χ3v) is 6.04. The van der Waals surface area contributed by atoms with Crippen LogP contribution in [0, 0.1) is 0 Å². The standard InChI is InChI=1S/C26H41N3O3/c1-3-4-5-6-7-8-9-10-11-14-17-28-26(32)25(20(2)30)29-19-21(18-24(27)31)22-15-12-13-16-23(22)29/h12-13,15-16,19-20,25,30H,3-11,14,17-18H2,1-2H3,(H2,27,31)(H,28,32)/t20-,25+/m1/s1. The Balaban J connectivity index is 1.85. The molecule has 0 radical (unpaired) electrons. The number of primary amides is 1. The van der Waals surface area contributed by atoms with Gasteiger partial charge >= 0.3 is 0 Å². The molecule has 32 heavy (non-hydrogen) atoms. The normalized spacial score (nSPS) is 13.2. The Morgan fingerprint density at radius 1 is 1.00 bits per heavy atom. The van der Waals surface area contributed by atoms with Crippen LogP contribution in [-0.2, 0) is 16.0 Å². The molecule has 0 unspecified atom stereocenters. The first-order valence-electron chi connectivity index (χ1n) is 12.3. The van der Waals surface area contributed by atoms with Crippen molar-refractivity contribution in [3.05, 3.63) is 36.0 Å². The number of amides is 2. The number of hydrogen-bond donors (Lipinski definition) is 3. The van der Waals surface area contributed by atoms with E-state index in [4.69, 9.17) is 5.73 Å². The largest absolute Gasteiger partial charge is 0.391 e. The van der Waals surface area contributed by atoms with Gasteiger partial charge in [-0.2, -0.15) is 0 Å². The average Bonchev–Trinajstić information content (AvgIpc) is 3.09. The topological polar surface area (TPSA) is 97.3 Å². The van der Waals surface area contributed by atoms with Crippen molar-refractivity contribution in [2.75, 3.05) is 6.54 Å². The molecule has 0 spiro atoms. The molecule has 6 heteroatoms. The molecular weight excluding hydrogens is 402 g/mol. The third kappa shape index (κ3) is 7.97. The Morgan fingerprint density at radius 3 is 2.19 bits per heavy atom. The molecule has 0 aliphatic carbocycles. The van der Waals surface area contributed by atoms with Gasteiger partial charge in [-0.25, -0.2) is 0 Å². The van der Waals surface area contributed by atoms with Crippen molar-refractivity contribution in [2.45, 2.75) is 96.6 Å². The van der Waals surface area contributed by atoms with Crippen molar-refractivity contribution >= 4 is 22.7 Å². The van der Waals surface area contributed by atoms with E-state index in [9.17, 15) is 14.7 Å². The van der Waals surface area contributed by atoms with Crippen LogP contribution in [0.2, 0.25) is 0 Å². The molecule has 1 aromatic carbocycles. The van der Waals surface area contributed by atoms with Gasteiger partial charge in [-0.3, -0.25) is 9.59 Å². The zero-order valence-electron chi connectivity index (χ0n) is 19.8. The van der Waals surface area contributed by atoms with Crippen LogP contribution in [0.3, 0.4) is 0 Å². The average molecular weight is 444 g/mol. The molecule has 2 atom stereocenters. The Morgan fingerprint density at radius 2 is 1.59 bits per heavy atom. The molecule has 1 aromatic heterocycles. The van der Waals surface area contributed by atoms with Gasteiger partial charge in [-0.05, 0) is 25.0 Å². The Hall–Kier alpha value is -2.34. The summed E-state index contributed by atoms with van der Waals surface area (Å²) in [5, 5.41) is 14.3. The Kier molecular flexibility index (Phi) is 11.3. The second-order valence-corrected chi connectivity index (χ2v) is 8.88. The number of nitrogens with zero attached hydrogens (tertiary/aromatic N) is 1. The van der Waals surface area contributed by atoms with E-state index in [1.54, 1.807) is 17.7 Å². The number of aliphatic hydroxyl groups excluding tert-OH is 1. The van der Waals surface area contributed by atoms with Crippen molar-refractivity contribution in [1.82, 2.24) is 9.88 Å². The maximum atomic E-state index is 12.9. The van der Waals surface area contributed by atoms with Gasteiger partial charge in [-0.1, -0.05) is 82.9 Å². The summed E-state index contributed by atoms with van der Waals surface area (Å²) in [5.74, 6) is -0.630. The number of aromatic nitrogens is 1. The zero-order chi connectivity index (χ0) is 23.3. The lowest BCUT2D eigenvalue weighted by Gasteiger charge is -2.22. The van der Waals surface area contributed by atoms with Crippen LogP contribution in [0.25, 0.3) is 10.9 Å². The predicted molar refractivity (Wildman–Crippen MR) is 130 cm³/mol. The monoisotopic (exact) mass is 443 g/mol. The van der Waals surface area contributed by atoms with Crippen LogP contribution in [-0.4, -0.2) is 34.1 Å². The predicted octanol–water partition coefficient (Wildman–Crippen LogP) is 4.63. The van der Waals surface area contributed by atoms with Crippen LogP contribution in [0.4, 0.5) is 0 Å². The summed E-state index contributed by atoms with van der Waals surface area (Å²) in [6.45, 7) is 4.46. The number of nitrogens with one attached hydrogen (secondary N) is 1. The van der Waals surface area contributed by atoms with Gasteiger partial charge in [0.1, 0.15) is 6.04 Å². The molecule has 0 bridgehead atoms. The summed E-state index contributed by atoms with van der Waals surface area (Å²) < 4.78 is 1.77. The number of carbonyl (C=O) groups is 2. The van der Waals surface area contributed by atoms with Gasteiger partial charge in [0, 0.05) is 23.6 Å². The summed E-state index contributed by atoms with van der Waals surface area (Å²) in [4.78, 5) is 24.4. The highest BCUT2D eigenvalue weighted by atomic mass is 16.3. The highest BCUT2D eigenvalue weighted by Gasteiger charge is 2.27. The number of carbonyl (C=O) groups excluding carboxylic acids is 2. The molecule has 178 valence electrons. The van der Waals surface area contributed by atoms with Crippen molar-refractivity contribution in [2.24, 2.45) is 5.73 Å². The maximum Gasteiger partial charge on any atom is 0.245 e. The molecule has 0 fully saturated rings. The molecular formula is C26H41N3O3. The third-order valence-electron chi connectivity index (χ3n) is 6.04. The van der Waals surface area contributed by atoms with Crippen molar-refractivity contribution in [3.63, 3.8) is 0 Å². The molecule has 0 aliphatic heterocycles. The van der Waals surface area contributed by atoms with Gasteiger partial charge in [0.2, 0.25) is 11.8 Å². The lowest BCUT2D eigenvalue weighted by Crippen LogP contribution is -2.38. The van der Waals surface area contributed by atoms with E-state index in [-0.39, 0.29) is 12.3 Å². The van der Waals surface area contributed by atoms with E-state index in [1.807, 2.05) is 24.3 Å². The number of hydrogen-bond acceptors (Lipinski definition) is 3. The number of rotatable bonds is 16. The van der Waals surface area contributed by atoms with E-state index in [0.717, 1.165) is 29.3 Å². The molecule has 2 aromatic rings. The second-order valence-electron chi connectivity index (χ2n) is 8.88. The number of aliphatic hydroxyl groups is 1. The number of para-hydroxylation sites is 1. The molecule has 2 rings (SSSR count). The molecule has 0 saturated carbocycles. The fourth-order valence-electron chi connectivity index (χ4n) is 4.34. The molecule has 0 aliphatic rings. The van der Waals surface area contributed by atoms with E-state index < -0.39 is 18.1 Å². The molecule has 4 N–H and O–H groups in total. The lowest BCUT2D eigenvalue weighted by atomic mass is 10.1. The van der Waals surface area contributed by atoms with Crippen LogP contribution in [0.1, 0.15) is 89.7 Å². The summed E-state index contributed by atoms with van der Waals surface area (Å²) in [7, 11) is 0. The minimum atomic E-state index is -0.875. The van der Waals surface area contributed by atoms with Gasteiger partial charge < -0.3 is 20.7 Å². The summed E-state index contributed by atoms with van der Waals surface area (Å²) in [5.41, 5.74) is 6.97. The smallest absolute Gasteiger partial charge is 0.245 e. The highest BCUT2D eigenvalue weighted by Crippen LogP contribution is 2.27. The molecule has 0 saturated heterocycles. The van der Waals surface area contributed by atoms with Crippen molar-refractivity contribution in [1.29, 1.82) is 0 Å². The van der Waals surface area contributed by atoms with Gasteiger partial charge in [0.25, 0.3) is 0 Å². The Bertz CT molecular complexity index is 844. The summed E-state index contributed by atoms with van der Waals surface area (Å²) in [6.07, 6.45) is 13.5. The van der Waals surface area contributed by atoms with Crippen molar-refractivity contribution < 1.29 is 14.7 Å². The Labute approximate surface area is 192 Å². The maximum absolute atomic E-state index is 12.9. The quantitative estimate of drug-likeness (QED) is 0.330. The van der Waals surface area contributed by atoms with E-state index in [0.29, 0.717) is 6.54 Å².